The van der Waals surface area contributed by atoms with Crippen molar-refractivity contribution >= 4 is 11.8 Å². The Morgan fingerprint density at radius 3 is 2.44 bits per heavy atom. The molecule has 1 fully saturated rings. The van der Waals surface area contributed by atoms with E-state index in [4.69, 9.17) is 11.5 Å². The minimum atomic E-state index is -0.838. The standard InChI is InChI=1S/C11H23N5O2/c1-15-4-6-16(7-5-15)3-2-14-11(18)9(12)8-10(13)17/h9H,2-8,12H2,1H3,(H2,13,17)(H,14,18). The van der Waals surface area contributed by atoms with Gasteiger partial charge in [0.25, 0.3) is 0 Å². The molecule has 0 saturated carbocycles. The monoisotopic (exact) mass is 257 g/mol. The van der Waals surface area contributed by atoms with E-state index < -0.39 is 11.9 Å². The number of likely N-dealkylation sites (N-methyl/N-ethyl adjacent to an activating group) is 1. The van der Waals surface area contributed by atoms with E-state index >= 15 is 0 Å². The number of amides is 2. The molecule has 7 nitrogen and oxygen atoms in total. The molecular formula is C11H23N5O2. The number of piperazine rings is 1. The van der Waals surface area contributed by atoms with Crippen molar-refractivity contribution in [2.24, 2.45) is 11.5 Å². The number of hydrogen-bond acceptors (Lipinski definition) is 5. The molecule has 0 aromatic heterocycles. The van der Waals surface area contributed by atoms with Gasteiger partial charge in [-0.3, -0.25) is 14.5 Å². The lowest BCUT2D eigenvalue weighted by Crippen LogP contribution is -2.49. The van der Waals surface area contributed by atoms with Crippen molar-refractivity contribution in [2.75, 3.05) is 46.3 Å². The number of nitrogens with zero attached hydrogens (tertiary/aromatic N) is 2. The van der Waals surface area contributed by atoms with Crippen LogP contribution in [0.4, 0.5) is 0 Å². The van der Waals surface area contributed by atoms with Crippen LogP contribution in [0.1, 0.15) is 6.42 Å². The number of rotatable bonds is 6. The highest BCUT2D eigenvalue weighted by Gasteiger charge is 2.17. The van der Waals surface area contributed by atoms with Gasteiger partial charge >= 0.3 is 0 Å². The molecule has 0 aliphatic carbocycles. The Morgan fingerprint density at radius 1 is 1.28 bits per heavy atom. The maximum Gasteiger partial charge on any atom is 0.237 e. The fourth-order valence-corrected chi connectivity index (χ4v) is 1.85. The summed E-state index contributed by atoms with van der Waals surface area (Å²) in [7, 11) is 2.10. The van der Waals surface area contributed by atoms with Crippen LogP contribution in [-0.2, 0) is 9.59 Å². The lowest BCUT2D eigenvalue weighted by Gasteiger charge is -2.32. The summed E-state index contributed by atoms with van der Waals surface area (Å²) < 4.78 is 0. The van der Waals surface area contributed by atoms with E-state index in [1.807, 2.05) is 0 Å². The molecule has 1 aliphatic rings. The van der Waals surface area contributed by atoms with Crippen molar-refractivity contribution in [3.63, 3.8) is 0 Å². The van der Waals surface area contributed by atoms with E-state index in [9.17, 15) is 9.59 Å². The van der Waals surface area contributed by atoms with Gasteiger partial charge in [0.15, 0.2) is 0 Å². The van der Waals surface area contributed by atoms with Crippen LogP contribution in [0.2, 0.25) is 0 Å². The largest absolute Gasteiger partial charge is 0.370 e. The number of carbonyl (C=O) groups is 2. The summed E-state index contributed by atoms with van der Waals surface area (Å²) in [5.74, 6) is -0.875. The summed E-state index contributed by atoms with van der Waals surface area (Å²) in [5.41, 5.74) is 10.5. The average Bonchev–Trinajstić information content (AvgIpc) is 2.30. The first-order chi connectivity index (χ1) is 8.49. The highest BCUT2D eigenvalue weighted by Crippen LogP contribution is 1.97. The molecule has 5 N–H and O–H groups in total. The number of primary amides is 1. The summed E-state index contributed by atoms with van der Waals surface area (Å²) in [6, 6.07) is -0.838. The van der Waals surface area contributed by atoms with E-state index in [2.05, 4.69) is 22.2 Å². The predicted octanol–water partition coefficient (Wildman–Crippen LogP) is -2.45. The maximum absolute atomic E-state index is 11.5. The van der Waals surface area contributed by atoms with E-state index in [0.29, 0.717) is 6.54 Å². The van der Waals surface area contributed by atoms with Crippen LogP contribution in [0.15, 0.2) is 0 Å². The fraction of sp³-hybridized carbons (Fsp3) is 0.818. The van der Waals surface area contributed by atoms with Gasteiger partial charge in [-0.05, 0) is 7.05 Å². The molecule has 18 heavy (non-hydrogen) atoms. The molecule has 0 radical (unpaired) electrons. The Bertz CT molecular complexity index is 289. The lowest BCUT2D eigenvalue weighted by atomic mass is 10.2. The van der Waals surface area contributed by atoms with Gasteiger partial charge in [-0.25, -0.2) is 0 Å². The van der Waals surface area contributed by atoms with Gasteiger partial charge in [-0.1, -0.05) is 0 Å². The molecule has 1 aliphatic heterocycles. The van der Waals surface area contributed by atoms with Crippen LogP contribution >= 0.6 is 0 Å². The molecule has 1 unspecified atom stereocenters. The van der Waals surface area contributed by atoms with Gasteiger partial charge in [0.1, 0.15) is 0 Å². The zero-order valence-corrected chi connectivity index (χ0v) is 10.9. The van der Waals surface area contributed by atoms with Gasteiger partial charge < -0.3 is 21.7 Å². The van der Waals surface area contributed by atoms with Gasteiger partial charge in [0.05, 0.1) is 12.5 Å². The Hall–Kier alpha value is -1.18. The Kier molecular flexibility index (Phi) is 6.03. The maximum atomic E-state index is 11.5. The second-order valence-corrected chi connectivity index (χ2v) is 4.71. The zero-order valence-electron chi connectivity index (χ0n) is 10.9. The van der Waals surface area contributed by atoms with E-state index in [0.717, 1.165) is 32.7 Å². The van der Waals surface area contributed by atoms with Crippen LogP contribution in [0, 0.1) is 0 Å². The molecule has 0 aromatic rings. The van der Waals surface area contributed by atoms with Gasteiger partial charge in [-0.15, -0.1) is 0 Å². The normalized spacial score (nSPS) is 19.4. The van der Waals surface area contributed by atoms with Crippen molar-refractivity contribution in [1.29, 1.82) is 0 Å². The van der Waals surface area contributed by atoms with Gasteiger partial charge in [0.2, 0.25) is 11.8 Å². The SMILES string of the molecule is CN1CCN(CCNC(=O)C(N)CC(N)=O)CC1. The van der Waals surface area contributed by atoms with Gasteiger partial charge in [0, 0.05) is 39.3 Å². The molecule has 1 atom stereocenters. The number of hydrogen-bond donors (Lipinski definition) is 3. The first-order valence-electron chi connectivity index (χ1n) is 6.21. The van der Waals surface area contributed by atoms with Gasteiger partial charge in [-0.2, -0.15) is 0 Å². The van der Waals surface area contributed by atoms with Crippen molar-refractivity contribution in [3.05, 3.63) is 0 Å². The Balaban J connectivity index is 2.13. The third-order valence-electron chi connectivity index (χ3n) is 3.08. The van der Waals surface area contributed by atoms with Crippen molar-refractivity contribution in [2.45, 2.75) is 12.5 Å². The molecule has 1 saturated heterocycles. The van der Waals surface area contributed by atoms with Crippen molar-refractivity contribution < 1.29 is 9.59 Å². The number of nitrogens with two attached hydrogens (primary N) is 2. The van der Waals surface area contributed by atoms with Crippen LogP contribution in [0.25, 0.3) is 0 Å². The number of nitrogens with one attached hydrogen (secondary N) is 1. The summed E-state index contributed by atoms with van der Waals surface area (Å²) in [6.45, 7) is 5.49. The minimum absolute atomic E-state index is 0.111. The van der Waals surface area contributed by atoms with Crippen LogP contribution < -0.4 is 16.8 Å². The predicted molar refractivity (Wildman–Crippen MR) is 68.7 cm³/mol. The fourth-order valence-electron chi connectivity index (χ4n) is 1.85. The Morgan fingerprint density at radius 2 is 1.89 bits per heavy atom. The summed E-state index contributed by atoms with van der Waals surface area (Å²) >= 11 is 0. The van der Waals surface area contributed by atoms with E-state index in [1.54, 1.807) is 0 Å². The molecule has 0 aromatic carbocycles. The molecule has 104 valence electrons. The molecule has 0 spiro atoms. The van der Waals surface area contributed by atoms with Crippen LogP contribution in [0.3, 0.4) is 0 Å². The lowest BCUT2D eigenvalue weighted by molar-refractivity contribution is -0.126. The summed E-state index contributed by atoms with van der Waals surface area (Å²) in [5, 5.41) is 2.72. The zero-order chi connectivity index (χ0) is 13.5. The second-order valence-electron chi connectivity index (χ2n) is 4.71. The van der Waals surface area contributed by atoms with E-state index in [1.165, 1.54) is 0 Å². The van der Waals surface area contributed by atoms with Crippen LogP contribution in [0.5, 0.6) is 0 Å². The molecule has 7 heteroatoms. The molecular weight excluding hydrogens is 234 g/mol. The number of carbonyl (C=O) groups excluding carboxylic acids is 2. The van der Waals surface area contributed by atoms with E-state index in [-0.39, 0.29) is 12.3 Å². The Labute approximate surface area is 107 Å². The molecule has 2 amide bonds. The first-order valence-corrected chi connectivity index (χ1v) is 6.21. The van der Waals surface area contributed by atoms with Crippen LogP contribution in [-0.4, -0.2) is 74.0 Å². The smallest absolute Gasteiger partial charge is 0.237 e. The topological polar surface area (TPSA) is 105 Å². The van der Waals surface area contributed by atoms with Crippen molar-refractivity contribution in [3.8, 4) is 0 Å². The molecule has 1 rings (SSSR count). The average molecular weight is 257 g/mol. The third-order valence-corrected chi connectivity index (χ3v) is 3.08. The third kappa shape index (κ3) is 5.44. The summed E-state index contributed by atoms with van der Waals surface area (Å²) in [4.78, 5) is 26.7. The van der Waals surface area contributed by atoms with Crippen molar-refractivity contribution in [1.82, 2.24) is 15.1 Å². The summed E-state index contributed by atoms with van der Waals surface area (Å²) in [6.07, 6.45) is -0.111. The first kappa shape index (κ1) is 14.9. The second kappa shape index (κ2) is 7.30. The highest BCUT2D eigenvalue weighted by molar-refractivity contribution is 5.87. The molecule has 1 heterocycles. The highest BCUT2D eigenvalue weighted by atomic mass is 16.2. The minimum Gasteiger partial charge on any atom is -0.370 e. The quantitative estimate of drug-likeness (QED) is 0.490. The molecule has 0 bridgehead atoms.